The zero-order valence-electron chi connectivity index (χ0n) is 14.0. The summed E-state index contributed by atoms with van der Waals surface area (Å²) in [5.41, 5.74) is 3.53. The van der Waals surface area contributed by atoms with Crippen LogP contribution in [0.2, 0.25) is 5.02 Å². The number of halogens is 1. The quantitative estimate of drug-likeness (QED) is 0.757. The van der Waals surface area contributed by atoms with Crippen LogP contribution in [0.25, 0.3) is 0 Å². The number of methoxy groups -OCH3 is 1. The first-order chi connectivity index (χ1) is 11.1. The molecule has 0 heterocycles. The summed E-state index contributed by atoms with van der Waals surface area (Å²) in [6.45, 7) is 6.29. The zero-order valence-corrected chi connectivity index (χ0v) is 14.7. The van der Waals surface area contributed by atoms with Gasteiger partial charge in [0.2, 0.25) is 0 Å². The van der Waals surface area contributed by atoms with Gasteiger partial charge < -0.3 is 14.8 Å². The van der Waals surface area contributed by atoms with Crippen molar-refractivity contribution in [3.63, 3.8) is 0 Å². The van der Waals surface area contributed by atoms with Gasteiger partial charge in [-0.3, -0.25) is 0 Å². The maximum atomic E-state index is 6.18. The molecule has 4 heteroatoms. The average Bonchev–Trinajstić information content (AvgIpc) is 2.55. The summed E-state index contributed by atoms with van der Waals surface area (Å²) in [6, 6.07) is 12.2. The fraction of sp³-hybridized carbons (Fsp3) is 0.368. The lowest BCUT2D eigenvalue weighted by molar-refractivity contribution is 0.290. The number of hydrogen-bond donors (Lipinski definition) is 1. The smallest absolute Gasteiger partial charge is 0.165 e. The van der Waals surface area contributed by atoms with Crippen LogP contribution in [0.3, 0.4) is 0 Å². The van der Waals surface area contributed by atoms with Crippen LogP contribution in [-0.2, 0) is 13.1 Å². The standard InChI is InChI=1S/C19H24ClNO2/c1-4-9-23-19-16(10-17(20)11-18(19)22-3)13-21-12-15-7-5-14(2)6-8-15/h5-8,10-11,21H,4,9,12-13H2,1-3H3. The van der Waals surface area contributed by atoms with Crippen LogP contribution in [0.5, 0.6) is 11.5 Å². The van der Waals surface area contributed by atoms with Crippen LogP contribution in [0, 0.1) is 6.92 Å². The van der Waals surface area contributed by atoms with Crippen molar-refractivity contribution in [1.82, 2.24) is 5.32 Å². The van der Waals surface area contributed by atoms with Crippen molar-refractivity contribution >= 4 is 11.6 Å². The third kappa shape index (κ3) is 5.15. The molecule has 3 nitrogen and oxygen atoms in total. The summed E-state index contributed by atoms with van der Waals surface area (Å²) in [6.07, 6.45) is 0.946. The minimum atomic E-state index is 0.651. The van der Waals surface area contributed by atoms with Crippen molar-refractivity contribution < 1.29 is 9.47 Å². The maximum Gasteiger partial charge on any atom is 0.165 e. The SMILES string of the molecule is CCCOc1c(CNCc2ccc(C)cc2)cc(Cl)cc1OC. The van der Waals surface area contributed by atoms with Crippen molar-refractivity contribution in [2.24, 2.45) is 0 Å². The van der Waals surface area contributed by atoms with Crippen LogP contribution in [-0.4, -0.2) is 13.7 Å². The Balaban J connectivity index is 2.07. The van der Waals surface area contributed by atoms with Gasteiger partial charge in [0.25, 0.3) is 0 Å². The predicted octanol–water partition coefficient (Wildman–Crippen LogP) is 4.74. The molecular formula is C19H24ClNO2. The number of rotatable bonds is 8. The van der Waals surface area contributed by atoms with Crippen molar-refractivity contribution in [2.45, 2.75) is 33.4 Å². The molecule has 0 unspecified atom stereocenters. The molecule has 1 N–H and O–H groups in total. The molecule has 2 rings (SSSR count). The Morgan fingerprint density at radius 2 is 1.83 bits per heavy atom. The zero-order chi connectivity index (χ0) is 16.7. The van der Waals surface area contributed by atoms with E-state index in [1.807, 2.05) is 6.07 Å². The molecule has 0 spiro atoms. The van der Waals surface area contributed by atoms with E-state index >= 15 is 0 Å². The second-order valence-electron chi connectivity index (χ2n) is 5.53. The summed E-state index contributed by atoms with van der Waals surface area (Å²) in [5.74, 6) is 1.45. The van der Waals surface area contributed by atoms with Gasteiger partial charge in [-0.1, -0.05) is 48.4 Å². The van der Waals surface area contributed by atoms with Crippen molar-refractivity contribution in [1.29, 1.82) is 0 Å². The fourth-order valence-electron chi connectivity index (χ4n) is 2.32. The molecule has 2 aromatic rings. The van der Waals surface area contributed by atoms with Crippen LogP contribution in [0.4, 0.5) is 0 Å². The predicted molar refractivity (Wildman–Crippen MR) is 95.5 cm³/mol. The Bertz CT molecular complexity index is 626. The van der Waals surface area contributed by atoms with E-state index in [1.54, 1.807) is 13.2 Å². The number of nitrogens with one attached hydrogen (secondary N) is 1. The van der Waals surface area contributed by atoms with E-state index < -0.39 is 0 Å². The molecule has 2 aromatic carbocycles. The van der Waals surface area contributed by atoms with Gasteiger partial charge in [0, 0.05) is 29.7 Å². The normalized spacial score (nSPS) is 10.6. The van der Waals surface area contributed by atoms with Gasteiger partial charge in [-0.2, -0.15) is 0 Å². The Kier molecular flexibility index (Phi) is 6.75. The van der Waals surface area contributed by atoms with Crippen LogP contribution < -0.4 is 14.8 Å². The molecule has 124 valence electrons. The second-order valence-corrected chi connectivity index (χ2v) is 5.97. The van der Waals surface area contributed by atoms with Gasteiger partial charge in [-0.15, -0.1) is 0 Å². The lowest BCUT2D eigenvalue weighted by Crippen LogP contribution is -2.14. The molecule has 0 aromatic heterocycles. The van der Waals surface area contributed by atoms with Gasteiger partial charge in [-0.05, 0) is 25.0 Å². The summed E-state index contributed by atoms with van der Waals surface area (Å²) in [5, 5.41) is 4.09. The first-order valence-electron chi connectivity index (χ1n) is 7.89. The van der Waals surface area contributed by atoms with E-state index in [2.05, 4.69) is 43.4 Å². The first-order valence-corrected chi connectivity index (χ1v) is 8.27. The third-order valence-corrected chi connectivity index (χ3v) is 3.75. The third-order valence-electron chi connectivity index (χ3n) is 3.53. The molecule has 0 radical (unpaired) electrons. The highest BCUT2D eigenvalue weighted by Crippen LogP contribution is 2.34. The van der Waals surface area contributed by atoms with Crippen molar-refractivity contribution in [2.75, 3.05) is 13.7 Å². The van der Waals surface area contributed by atoms with Gasteiger partial charge in [0.05, 0.1) is 13.7 Å². The maximum absolute atomic E-state index is 6.18. The summed E-state index contributed by atoms with van der Waals surface area (Å²) < 4.78 is 11.3. The Hall–Kier alpha value is -1.71. The number of aryl methyl sites for hydroxylation is 1. The molecule has 0 aliphatic carbocycles. The van der Waals surface area contributed by atoms with Gasteiger partial charge in [0.1, 0.15) is 0 Å². The van der Waals surface area contributed by atoms with Crippen LogP contribution >= 0.6 is 11.6 Å². The van der Waals surface area contributed by atoms with E-state index in [0.717, 1.165) is 24.3 Å². The first kappa shape index (κ1) is 17.6. The van der Waals surface area contributed by atoms with Gasteiger partial charge >= 0.3 is 0 Å². The van der Waals surface area contributed by atoms with E-state index in [1.165, 1.54) is 11.1 Å². The summed E-state index contributed by atoms with van der Waals surface area (Å²) in [7, 11) is 1.63. The molecule has 23 heavy (non-hydrogen) atoms. The lowest BCUT2D eigenvalue weighted by Gasteiger charge is -2.16. The minimum Gasteiger partial charge on any atom is -0.493 e. The Morgan fingerprint density at radius 1 is 1.09 bits per heavy atom. The number of benzene rings is 2. The highest BCUT2D eigenvalue weighted by molar-refractivity contribution is 6.30. The molecule has 0 bridgehead atoms. The Morgan fingerprint density at radius 3 is 2.48 bits per heavy atom. The van der Waals surface area contributed by atoms with Crippen LogP contribution in [0.15, 0.2) is 36.4 Å². The van der Waals surface area contributed by atoms with Crippen molar-refractivity contribution in [3.8, 4) is 11.5 Å². The number of hydrogen-bond acceptors (Lipinski definition) is 3. The second kappa shape index (κ2) is 8.80. The largest absolute Gasteiger partial charge is 0.493 e. The average molecular weight is 334 g/mol. The van der Waals surface area contributed by atoms with Gasteiger partial charge in [0.15, 0.2) is 11.5 Å². The lowest BCUT2D eigenvalue weighted by atomic mass is 10.1. The summed E-state index contributed by atoms with van der Waals surface area (Å²) in [4.78, 5) is 0. The fourth-order valence-corrected chi connectivity index (χ4v) is 2.55. The topological polar surface area (TPSA) is 30.5 Å². The molecule has 0 fully saturated rings. The molecule has 0 aliphatic rings. The van der Waals surface area contributed by atoms with Gasteiger partial charge in [-0.25, -0.2) is 0 Å². The highest BCUT2D eigenvalue weighted by Gasteiger charge is 2.12. The van der Waals surface area contributed by atoms with E-state index in [0.29, 0.717) is 23.9 Å². The molecular weight excluding hydrogens is 310 g/mol. The molecule has 0 atom stereocenters. The number of ether oxygens (including phenoxy) is 2. The van der Waals surface area contributed by atoms with E-state index in [4.69, 9.17) is 21.1 Å². The molecule has 0 aliphatic heterocycles. The molecule has 0 amide bonds. The van der Waals surface area contributed by atoms with E-state index in [9.17, 15) is 0 Å². The van der Waals surface area contributed by atoms with E-state index in [-0.39, 0.29) is 0 Å². The molecule has 0 saturated carbocycles. The minimum absolute atomic E-state index is 0.651. The Labute approximate surface area is 143 Å². The van der Waals surface area contributed by atoms with Crippen LogP contribution in [0.1, 0.15) is 30.0 Å². The highest BCUT2D eigenvalue weighted by atomic mass is 35.5. The summed E-state index contributed by atoms with van der Waals surface area (Å²) >= 11 is 6.18. The molecule has 0 saturated heterocycles. The monoisotopic (exact) mass is 333 g/mol. The van der Waals surface area contributed by atoms with Crippen molar-refractivity contribution in [3.05, 3.63) is 58.1 Å².